The van der Waals surface area contributed by atoms with E-state index in [0.717, 1.165) is 25.9 Å². The number of amides is 1. The summed E-state index contributed by atoms with van der Waals surface area (Å²) in [4.78, 5) is 24.0. The summed E-state index contributed by atoms with van der Waals surface area (Å²) in [6, 6.07) is 2.66. The lowest BCUT2D eigenvalue weighted by Gasteiger charge is -2.23. The summed E-state index contributed by atoms with van der Waals surface area (Å²) in [6.45, 7) is 7.17. The zero-order valence-corrected chi connectivity index (χ0v) is 13.9. The van der Waals surface area contributed by atoms with Crippen LogP contribution in [0.5, 0.6) is 0 Å². The summed E-state index contributed by atoms with van der Waals surface area (Å²) in [5.41, 5.74) is 0. The molecule has 1 fully saturated rings. The van der Waals surface area contributed by atoms with Gasteiger partial charge in [-0.15, -0.1) is 0 Å². The molecular weight excluding hydrogens is 316 g/mol. The number of hydrogen-bond donors (Lipinski definition) is 0. The van der Waals surface area contributed by atoms with Crippen molar-refractivity contribution < 1.29 is 18.9 Å². The fourth-order valence-electron chi connectivity index (χ4n) is 2.55. The average Bonchev–Trinajstić information content (AvgIpc) is 3.13. The molecule has 2 heterocycles. The highest BCUT2D eigenvalue weighted by atomic mass is 16.6. The summed E-state index contributed by atoms with van der Waals surface area (Å²) < 4.78 is 10.3. The Morgan fingerprint density at radius 3 is 2.71 bits per heavy atom. The van der Waals surface area contributed by atoms with Crippen molar-refractivity contribution in [3.8, 4) is 0 Å². The molecule has 1 aromatic rings. The van der Waals surface area contributed by atoms with Gasteiger partial charge in [-0.3, -0.25) is 15.0 Å². The third-order valence-electron chi connectivity index (χ3n) is 3.51. The lowest BCUT2D eigenvalue weighted by atomic mass is 10.3. The number of carbonyl (C=O) groups excluding carboxylic acids is 1. The lowest BCUT2D eigenvalue weighted by molar-refractivity contribution is -0.402. The van der Waals surface area contributed by atoms with Gasteiger partial charge in [0.25, 0.3) is 0 Å². The summed E-state index contributed by atoms with van der Waals surface area (Å²) >= 11 is 0. The van der Waals surface area contributed by atoms with E-state index in [0.29, 0.717) is 13.1 Å². The van der Waals surface area contributed by atoms with Crippen molar-refractivity contribution >= 4 is 18.2 Å². The van der Waals surface area contributed by atoms with Crippen molar-refractivity contribution in [3.05, 3.63) is 28.0 Å². The van der Waals surface area contributed by atoms with Crippen LogP contribution in [-0.4, -0.2) is 59.4 Å². The molecule has 0 aromatic carbocycles. The molecule has 9 nitrogen and oxygen atoms in total. The van der Waals surface area contributed by atoms with Gasteiger partial charge in [-0.2, -0.15) is 10.1 Å². The van der Waals surface area contributed by atoms with Crippen LogP contribution in [0, 0.1) is 10.1 Å². The Labute approximate surface area is 140 Å². The highest BCUT2D eigenvalue weighted by Crippen LogP contribution is 2.16. The van der Waals surface area contributed by atoms with Crippen molar-refractivity contribution in [2.75, 3.05) is 26.2 Å². The van der Waals surface area contributed by atoms with Crippen molar-refractivity contribution in [3.63, 3.8) is 0 Å². The standard InChI is InChI=1S/C15H22N4O5/c1-3-7-17(8-4-2)10-13-11-18(15(20)24-13)16-9-12-5-6-14(23-12)19(21)22/h5-6,9,13H,3-4,7-8,10-11H2,1-2H3/b16-9-/t13-/m1/s1. The summed E-state index contributed by atoms with van der Waals surface area (Å²) in [7, 11) is 0. The molecule has 132 valence electrons. The molecule has 1 amide bonds. The number of cyclic esters (lactones) is 1. The van der Waals surface area contributed by atoms with E-state index in [1.54, 1.807) is 0 Å². The van der Waals surface area contributed by atoms with Gasteiger partial charge in [0.15, 0.2) is 5.76 Å². The van der Waals surface area contributed by atoms with Crippen LogP contribution in [0.4, 0.5) is 10.7 Å². The maximum atomic E-state index is 11.8. The third-order valence-corrected chi connectivity index (χ3v) is 3.51. The van der Waals surface area contributed by atoms with E-state index in [1.165, 1.54) is 23.4 Å². The minimum absolute atomic E-state index is 0.205. The van der Waals surface area contributed by atoms with Crippen molar-refractivity contribution in [1.82, 2.24) is 9.91 Å². The number of nitrogens with zero attached hydrogens (tertiary/aromatic N) is 4. The van der Waals surface area contributed by atoms with Crippen molar-refractivity contribution in [2.45, 2.75) is 32.8 Å². The number of carbonyl (C=O) groups is 1. The van der Waals surface area contributed by atoms with Crippen LogP contribution < -0.4 is 0 Å². The molecule has 1 saturated heterocycles. The van der Waals surface area contributed by atoms with Gasteiger partial charge in [0, 0.05) is 6.54 Å². The fourth-order valence-corrected chi connectivity index (χ4v) is 2.55. The first-order valence-electron chi connectivity index (χ1n) is 8.02. The first kappa shape index (κ1) is 17.9. The monoisotopic (exact) mass is 338 g/mol. The number of rotatable bonds is 9. The molecule has 0 radical (unpaired) electrons. The molecule has 2 rings (SSSR count). The van der Waals surface area contributed by atoms with Crippen LogP contribution in [0.1, 0.15) is 32.4 Å². The van der Waals surface area contributed by atoms with E-state index in [2.05, 4.69) is 23.8 Å². The van der Waals surface area contributed by atoms with Crippen LogP contribution in [0.2, 0.25) is 0 Å². The molecule has 9 heteroatoms. The molecule has 1 aliphatic rings. The minimum atomic E-state index is -0.631. The normalized spacial score (nSPS) is 17.9. The van der Waals surface area contributed by atoms with Crippen LogP contribution in [0.25, 0.3) is 0 Å². The van der Waals surface area contributed by atoms with Crippen LogP contribution >= 0.6 is 0 Å². The molecule has 1 aromatic heterocycles. The molecule has 1 atom stereocenters. The SMILES string of the molecule is CCCN(CCC)C[C@@H]1CN(/N=C\c2ccc([N+](=O)[O-])o2)C(=O)O1. The Bertz CT molecular complexity index is 594. The van der Waals surface area contributed by atoms with Crippen LogP contribution in [-0.2, 0) is 4.74 Å². The molecule has 24 heavy (non-hydrogen) atoms. The van der Waals surface area contributed by atoms with Crippen molar-refractivity contribution in [2.24, 2.45) is 5.10 Å². The maximum Gasteiger partial charge on any atom is 0.433 e. The Morgan fingerprint density at radius 2 is 2.12 bits per heavy atom. The number of furan rings is 1. The van der Waals surface area contributed by atoms with E-state index in [9.17, 15) is 14.9 Å². The first-order chi connectivity index (χ1) is 11.5. The number of hydrogen-bond acceptors (Lipinski definition) is 7. The van der Waals surface area contributed by atoms with Crippen LogP contribution in [0.15, 0.2) is 21.7 Å². The molecule has 0 bridgehead atoms. The number of hydrazone groups is 1. The predicted octanol–water partition coefficient (Wildman–Crippen LogP) is 2.46. The smallest absolute Gasteiger partial charge is 0.433 e. The van der Waals surface area contributed by atoms with Gasteiger partial charge < -0.3 is 9.15 Å². The van der Waals surface area contributed by atoms with E-state index < -0.39 is 11.0 Å². The molecule has 0 saturated carbocycles. The molecule has 0 N–H and O–H groups in total. The van der Waals surface area contributed by atoms with Crippen LogP contribution in [0.3, 0.4) is 0 Å². The number of nitro groups is 1. The second kappa shape index (κ2) is 8.44. The minimum Gasteiger partial charge on any atom is -0.441 e. The van der Waals surface area contributed by atoms with Gasteiger partial charge in [-0.05, 0) is 32.0 Å². The van der Waals surface area contributed by atoms with E-state index in [1.807, 2.05) is 0 Å². The van der Waals surface area contributed by atoms with Crippen molar-refractivity contribution in [1.29, 1.82) is 0 Å². The second-order valence-electron chi connectivity index (χ2n) is 5.57. The van der Waals surface area contributed by atoms with E-state index >= 15 is 0 Å². The Hall–Kier alpha value is -2.42. The topological polar surface area (TPSA) is 101 Å². The quantitative estimate of drug-likeness (QED) is 0.389. The second-order valence-corrected chi connectivity index (χ2v) is 5.57. The predicted molar refractivity (Wildman–Crippen MR) is 87.0 cm³/mol. The van der Waals surface area contributed by atoms with Gasteiger partial charge in [-0.1, -0.05) is 13.8 Å². The highest BCUT2D eigenvalue weighted by molar-refractivity contribution is 5.78. The Kier molecular flexibility index (Phi) is 6.30. The van der Waals surface area contributed by atoms with Gasteiger partial charge in [0.2, 0.25) is 0 Å². The maximum absolute atomic E-state index is 11.8. The van der Waals surface area contributed by atoms with Gasteiger partial charge in [0.1, 0.15) is 11.0 Å². The molecule has 1 aliphatic heterocycles. The zero-order chi connectivity index (χ0) is 17.5. The molecule has 0 spiro atoms. The van der Waals surface area contributed by atoms with Gasteiger partial charge >= 0.3 is 12.0 Å². The van der Waals surface area contributed by atoms with Gasteiger partial charge in [0.05, 0.1) is 18.8 Å². The number of ether oxygens (including phenoxy) is 1. The van der Waals surface area contributed by atoms with Gasteiger partial charge in [-0.25, -0.2) is 4.79 Å². The molecular formula is C15H22N4O5. The lowest BCUT2D eigenvalue weighted by Crippen LogP contribution is -2.35. The largest absolute Gasteiger partial charge is 0.441 e. The Morgan fingerprint density at radius 1 is 1.42 bits per heavy atom. The summed E-state index contributed by atoms with van der Waals surface area (Å²) in [6.07, 6.45) is 2.59. The highest BCUT2D eigenvalue weighted by Gasteiger charge is 2.32. The Balaban J connectivity index is 1.91. The molecule has 0 unspecified atom stereocenters. The fraction of sp³-hybridized carbons (Fsp3) is 0.600. The molecule has 0 aliphatic carbocycles. The first-order valence-corrected chi connectivity index (χ1v) is 8.02. The average molecular weight is 338 g/mol. The summed E-state index contributed by atoms with van der Waals surface area (Å²) in [5.74, 6) is -0.162. The van der Waals surface area contributed by atoms with E-state index in [4.69, 9.17) is 9.15 Å². The van der Waals surface area contributed by atoms with E-state index in [-0.39, 0.29) is 17.7 Å². The third kappa shape index (κ3) is 4.79. The summed E-state index contributed by atoms with van der Waals surface area (Å²) in [5, 5.41) is 15.8. The zero-order valence-electron chi connectivity index (χ0n) is 13.9.